The first-order valence-corrected chi connectivity index (χ1v) is 8.20. The van der Waals surface area contributed by atoms with Crippen molar-refractivity contribution in [3.05, 3.63) is 41.5 Å². The normalized spacial score (nSPS) is 21.5. The summed E-state index contributed by atoms with van der Waals surface area (Å²) in [4.78, 5) is 4.40. The maximum atomic E-state index is 9.94. The van der Waals surface area contributed by atoms with Gasteiger partial charge in [0, 0.05) is 43.2 Å². The molecule has 23 heavy (non-hydrogen) atoms. The molecule has 0 saturated carbocycles. The summed E-state index contributed by atoms with van der Waals surface area (Å²) in [5, 5.41) is 17.8. The van der Waals surface area contributed by atoms with Crippen LogP contribution in [0.25, 0.3) is 0 Å². The van der Waals surface area contributed by atoms with E-state index in [1.54, 1.807) is 6.07 Å². The van der Waals surface area contributed by atoms with E-state index < -0.39 is 0 Å². The predicted octanol–water partition coefficient (Wildman–Crippen LogP) is 2.32. The quantitative estimate of drug-likeness (QED) is 0.886. The first-order valence-electron chi connectivity index (χ1n) is 8.20. The smallest absolute Gasteiger partial charge is 0.138 e. The number of hydrogen-bond acceptors (Lipinski definition) is 5. The van der Waals surface area contributed by atoms with E-state index in [2.05, 4.69) is 22.3 Å². The first-order chi connectivity index (χ1) is 11.2. The van der Waals surface area contributed by atoms with Crippen LogP contribution in [0, 0.1) is 6.92 Å². The van der Waals surface area contributed by atoms with Gasteiger partial charge in [-0.15, -0.1) is 0 Å². The fourth-order valence-corrected chi connectivity index (χ4v) is 2.98. The van der Waals surface area contributed by atoms with Crippen LogP contribution in [-0.2, 0) is 17.8 Å². The van der Waals surface area contributed by atoms with E-state index in [0.717, 1.165) is 37.3 Å². The van der Waals surface area contributed by atoms with Crippen LogP contribution >= 0.6 is 0 Å². The molecule has 124 valence electrons. The van der Waals surface area contributed by atoms with Gasteiger partial charge in [0.1, 0.15) is 11.9 Å². The predicted molar refractivity (Wildman–Crippen MR) is 87.1 cm³/mol. The Bertz CT molecular complexity index is 656. The van der Waals surface area contributed by atoms with Crippen molar-refractivity contribution in [3.63, 3.8) is 0 Å². The van der Waals surface area contributed by atoms with E-state index in [1.165, 1.54) is 0 Å². The average molecular weight is 316 g/mol. The highest BCUT2D eigenvalue weighted by Crippen LogP contribution is 2.28. The molecule has 6 heteroatoms. The first kappa shape index (κ1) is 16.0. The number of hydrogen-bond donors (Lipinski definition) is 2. The molecule has 6 nitrogen and oxygen atoms in total. The summed E-state index contributed by atoms with van der Waals surface area (Å²) >= 11 is 0. The van der Waals surface area contributed by atoms with E-state index in [0.29, 0.717) is 12.2 Å². The maximum Gasteiger partial charge on any atom is 0.138 e. The van der Waals surface area contributed by atoms with Crippen LogP contribution in [0.15, 0.2) is 24.5 Å². The van der Waals surface area contributed by atoms with Crippen LogP contribution in [0.5, 0.6) is 5.75 Å². The number of ether oxygens (including phenoxy) is 1. The highest BCUT2D eigenvalue weighted by molar-refractivity contribution is 5.27. The zero-order valence-electron chi connectivity index (χ0n) is 13.7. The Balaban J connectivity index is 1.70. The van der Waals surface area contributed by atoms with Crippen LogP contribution in [0.1, 0.15) is 42.8 Å². The van der Waals surface area contributed by atoms with E-state index in [4.69, 9.17) is 4.74 Å². The molecule has 0 radical (unpaired) electrons. The summed E-state index contributed by atoms with van der Waals surface area (Å²) < 4.78 is 7.89. The van der Waals surface area contributed by atoms with Crippen molar-refractivity contribution in [2.45, 2.75) is 51.9 Å². The number of aromatic hydroxyl groups is 1. The minimum atomic E-state index is -0.00370. The number of rotatable bonds is 5. The molecule has 2 atom stereocenters. The zero-order valence-corrected chi connectivity index (χ0v) is 13.7. The van der Waals surface area contributed by atoms with Crippen LogP contribution in [0.2, 0.25) is 0 Å². The molecule has 1 fully saturated rings. The average Bonchev–Trinajstić information content (AvgIpc) is 3.05. The number of aryl methyl sites for hydroxylation is 2. The SMILES string of the molecule is CCn1cc([C@H]2OCCC[C@@H]2NCc2nc(C)ccc2O)cn1. The van der Waals surface area contributed by atoms with Gasteiger partial charge in [-0.1, -0.05) is 0 Å². The van der Waals surface area contributed by atoms with Crippen molar-refractivity contribution < 1.29 is 9.84 Å². The molecule has 3 heterocycles. The lowest BCUT2D eigenvalue weighted by Gasteiger charge is -2.32. The van der Waals surface area contributed by atoms with Gasteiger partial charge in [0.25, 0.3) is 0 Å². The highest BCUT2D eigenvalue weighted by atomic mass is 16.5. The van der Waals surface area contributed by atoms with E-state index >= 15 is 0 Å². The van der Waals surface area contributed by atoms with Gasteiger partial charge in [0.15, 0.2) is 0 Å². The van der Waals surface area contributed by atoms with Gasteiger partial charge in [-0.05, 0) is 38.8 Å². The van der Waals surface area contributed by atoms with Crippen LogP contribution < -0.4 is 5.32 Å². The molecule has 3 rings (SSSR count). The number of nitrogens with one attached hydrogen (secondary N) is 1. The Morgan fingerprint density at radius 3 is 3.09 bits per heavy atom. The molecule has 2 aromatic rings. The molecule has 2 aromatic heterocycles. The minimum Gasteiger partial charge on any atom is -0.506 e. The Labute approximate surface area is 136 Å². The maximum absolute atomic E-state index is 9.94. The fraction of sp³-hybridized carbons (Fsp3) is 0.529. The van der Waals surface area contributed by atoms with Crippen molar-refractivity contribution in [2.24, 2.45) is 0 Å². The Morgan fingerprint density at radius 1 is 1.43 bits per heavy atom. The molecule has 0 amide bonds. The van der Waals surface area contributed by atoms with Gasteiger partial charge in [-0.3, -0.25) is 9.67 Å². The summed E-state index contributed by atoms with van der Waals surface area (Å²) in [5.41, 5.74) is 2.68. The van der Waals surface area contributed by atoms with Crippen molar-refractivity contribution in [2.75, 3.05) is 6.61 Å². The number of nitrogens with zero attached hydrogens (tertiary/aromatic N) is 3. The minimum absolute atomic E-state index is 0.00370. The lowest BCUT2D eigenvalue weighted by Crippen LogP contribution is -2.39. The third-order valence-corrected chi connectivity index (χ3v) is 4.25. The van der Waals surface area contributed by atoms with Crippen molar-refractivity contribution in [3.8, 4) is 5.75 Å². The van der Waals surface area contributed by atoms with Gasteiger partial charge in [-0.2, -0.15) is 5.10 Å². The second-order valence-electron chi connectivity index (χ2n) is 5.97. The van der Waals surface area contributed by atoms with Gasteiger partial charge in [0.2, 0.25) is 0 Å². The van der Waals surface area contributed by atoms with Gasteiger partial charge < -0.3 is 15.2 Å². The van der Waals surface area contributed by atoms with Gasteiger partial charge in [-0.25, -0.2) is 0 Å². The molecular weight excluding hydrogens is 292 g/mol. The Kier molecular flexibility index (Phi) is 4.93. The highest BCUT2D eigenvalue weighted by Gasteiger charge is 2.28. The van der Waals surface area contributed by atoms with Gasteiger partial charge >= 0.3 is 0 Å². The van der Waals surface area contributed by atoms with E-state index in [9.17, 15) is 5.11 Å². The molecule has 1 aliphatic rings. The van der Waals surface area contributed by atoms with Crippen molar-refractivity contribution in [1.82, 2.24) is 20.1 Å². The third-order valence-electron chi connectivity index (χ3n) is 4.25. The van der Waals surface area contributed by atoms with Crippen molar-refractivity contribution >= 4 is 0 Å². The summed E-state index contributed by atoms with van der Waals surface area (Å²) in [6.45, 7) is 6.15. The second-order valence-corrected chi connectivity index (χ2v) is 5.97. The molecule has 2 N–H and O–H groups in total. The largest absolute Gasteiger partial charge is 0.506 e. The second kappa shape index (κ2) is 7.10. The summed E-state index contributed by atoms with van der Waals surface area (Å²) in [6, 6.07) is 3.70. The van der Waals surface area contributed by atoms with Crippen LogP contribution in [0.3, 0.4) is 0 Å². The lowest BCUT2D eigenvalue weighted by molar-refractivity contribution is -0.0113. The van der Waals surface area contributed by atoms with Crippen LogP contribution in [0.4, 0.5) is 0 Å². The van der Waals surface area contributed by atoms with E-state index in [-0.39, 0.29) is 17.9 Å². The third kappa shape index (κ3) is 3.71. The molecule has 1 saturated heterocycles. The molecule has 0 aromatic carbocycles. The fourth-order valence-electron chi connectivity index (χ4n) is 2.98. The van der Waals surface area contributed by atoms with Crippen LogP contribution in [-0.4, -0.2) is 32.5 Å². The summed E-state index contributed by atoms with van der Waals surface area (Å²) in [5.74, 6) is 0.232. The molecule has 0 aliphatic carbocycles. The number of aromatic nitrogens is 3. The van der Waals surface area contributed by atoms with Gasteiger partial charge in [0.05, 0.1) is 11.9 Å². The standard InChI is InChI=1S/C17H24N4O2/c1-3-21-11-13(9-19-21)17-14(5-4-8-23-17)18-10-15-16(22)7-6-12(2)20-15/h6-7,9,11,14,17-18,22H,3-5,8,10H2,1-2H3/t14-,17+/m0/s1. The molecule has 0 unspecified atom stereocenters. The monoisotopic (exact) mass is 316 g/mol. The molecular formula is C17H24N4O2. The molecule has 1 aliphatic heterocycles. The van der Waals surface area contributed by atoms with E-state index in [1.807, 2.05) is 30.1 Å². The topological polar surface area (TPSA) is 72.2 Å². The summed E-state index contributed by atoms with van der Waals surface area (Å²) in [7, 11) is 0. The number of pyridine rings is 1. The lowest BCUT2D eigenvalue weighted by atomic mass is 9.98. The zero-order chi connectivity index (χ0) is 16.2. The molecule has 0 bridgehead atoms. The Morgan fingerprint density at radius 2 is 2.30 bits per heavy atom. The van der Waals surface area contributed by atoms with Crippen molar-refractivity contribution in [1.29, 1.82) is 0 Å². The summed E-state index contributed by atoms with van der Waals surface area (Å²) in [6.07, 6.45) is 6.00. The molecule has 0 spiro atoms. The Hall–Kier alpha value is -1.92.